The first-order valence-electron chi connectivity index (χ1n) is 7.44. The Morgan fingerprint density at radius 2 is 1.24 bits per heavy atom. The van der Waals surface area contributed by atoms with Crippen LogP contribution in [0.2, 0.25) is 0 Å². The largest absolute Gasteiger partial charge is 0.466 e. The SMILES string of the molecule is O=P(O)(O)O.O=P(O)(O)O.O=P(O)(O)O.O=c1[nH]c(=O)n([C@@H]2O[C@H](CO)[C@@H](O)[C@H]2O)cc1Br. The van der Waals surface area contributed by atoms with E-state index in [1.54, 1.807) is 0 Å². The van der Waals surface area contributed by atoms with Gasteiger partial charge in [0, 0.05) is 6.20 Å². The second kappa shape index (κ2) is 14.0. The molecule has 1 aromatic heterocycles. The number of aromatic nitrogens is 2. The molecule has 1 aromatic rings. The van der Waals surface area contributed by atoms with Gasteiger partial charge in [-0.2, -0.15) is 0 Å². The number of phosphoric acid groups is 3. The van der Waals surface area contributed by atoms with Crippen molar-refractivity contribution >= 4 is 39.4 Å². The van der Waals surface area contributed by atoms with Gasteiger partial charge in [-0.1, -0.05) is 0 Å². The van der Waals surface area contributed by atoms with Gasteiger partial charge in [0.25, 0.3) is 5.56 Å². The van der Waals surface area contributed by atoms with E-state index in [1.807, 2.05) is 4.98 Å². The molecule has 1 aliphatic rings. The smallest absolute Gasteiger partial charge is 0.394 e. The highest BCUT2D eigenvalue weighted by Gasteiger charge is 2.43. The van der Waals surface area contributed by atoms with Crippen molar-refractivity contribution in [3.8, 4) is 0 Å². The molecule has 1 saturated heterocycles. The number of aliphatic hydroxyl groups is 3. The highest BCUT2D eigenvalue weighted by Crippen LogP contribution is 2.28. The topological polar surface area (TPSA) is 358 Å². The maximum Gasteiger partial charge on any atom is 0.466 e. The summed E-state index contributed by atoms with van der Waals surface area (Å²) in [6.07, 6.45) is -3.68. The van der Waals surface area contributed by atoms with Crippen LogP contribution in [-0.2, 0) is 18.4 Å². The lowest BCUT2D eigenvalue weighted by atomic mass is 10.1. The molecule has 196 valence electrons. The number of ether oxygens (including phenoxy) is 1. The van der Waals surface area contributed by atoms with Crippen molar-refractivity contribution in [2.75, 3.05) is 6.61 Å². The molecule has 0 radical (unpaired) electrons. The van der Waals surface area contributed by atoms with Gasteiger partial charge >= 0.3 is 29.2 Å². The average molecular weight is 617 g/mol. The number of H-pyrrole nitrogens is 1. The molecule has 33 heavy (non-hydrogen) atoms. The summed E-state index contributed by atoms with van der Waals surface area (Å²) >= 11 is 2.94. The predicted octanol–water partition coefficient (Wildman–Crippen LogP) is -4.88. The van der Waals surface area contributed by atoms with Crippen molar-refractivity contribution in [1.29, 1.82) is 0 Å². The molecule has 0 saturated carbocycles. The third-order valence-electron chi connectivity index (χ3n) is 2.72. The number of nitrogens with zero attached hydrogens (tertiary/aromatic N) is 1. The van der Waals surface area contributed by atoms with Crippen molar-refractivity contribution in [2.45, 2.75) is 24.5 Å². The molecular formula is C9H20BrN2O18P3. The molecule has 24 heteroatoms. The number of aliphatic hydroxyl groups excluding tert-OH is 3. The zero-order chi connectivity index (χ0) is 26.9. The van der Waals surface area contributed by atoms with Gasteiger partial charge in [-0.15, -0.1) is 0 Å². The van der Waals surface area contributed by atoms with Crippen LogP contribution in [0.1, 0.15) is 6.23 Å². The van der Waals surface area contributed by atoms with Crippen LogP contribution in [0, 0.1) is 0 Å². The minimum atomic E-state index is -4.64. The minimum Gasteiger partial charge on any atom is -0.394 e. The summed E-state index contributed by atoms with van der Waals surface area (Å²) in [6, 6.07) is 0. The molecule has 0 aromatic carbocycles. The summed E-state index contributed by atoms with van der Waals surface area (Å²) in [5.74, 6) is 0. The molecule has 1 aliphatic heterocycles. The number of nitrogens with one attached hydrogen (secondary N) is 1. The fraction of sp³-hybridized carbons (Fsp3) is 0.556. The average Bonchev–Trinajstić information content (AvgIpc) is 2.81. The predicted molar refractivity (Wildman–Crippen MR) is 105 cm³/mol. The Bertz CT molecular complexity index is 920. The van der Waals surface area contributed by atoms with E-state index >= 15 is 0 Å². The minimum absolute atomic E-state index is 0.0832. The lowest BCUT2D eigenvalue weighted by Gasteiger charge is -2.17. The van der Waals surface area contributed by atoms with Gasteiger partial charge in [0.15, 0.2) is 6.23 Å². The van der Waals surface area contributed by atoms with Crippen molar-refractivity contribution in [2.24, 2.45) is 0 Å². The van der Waals surface area contributed by atoms with Crippen molar-refractivity contribution in [3.05, 3.63) is 31.5 Å². The zero-order valence-corrected chi connectivity index (χ0v) is 19.8. The summed E-state index contributed by atoms with van der Waals surface area (Å²) in [5, 5.41) is 28.3. The van der Waals surface area contributed by atoms with E-state index in [4.69, 9.17) is 67.6 Å². The molecule has 13 N–H and O–H groups in total. The third kappa shape index (κ3) is 19.3. The molecule has 2 rings (SSSR count). The summed E-state index contributed by atoms with van der Waals surface area (Å²) in [4.78, 5) is 89.5. The van der Waals surface area contributed by atoms with Gasteiger partial charge in [0.05, 0.1) is 11.1 Å². The van der Waals surface area contributed by atoms with E-state index in [-0.39, 0.29) is 4.47 Å². The van der Waals surface area contributed by atoms with Gasteiger partial charge in [-0.05, 0) is 15.9 Å². The quantitative estimate of drug-likeness (QED) is 0.138. The Balaban J connectivity index is 0. The second-order valence-corrected chi connectivity index (χ2v) is 9.35. The molecule has 20 nitrogen and oxygen atoms in total. The van der Waals surface area contributed by atoms with Crippen LogP contribution < -0.4 is 11.2 Å². The summed E-state index contributed by atoms with van der Waals surface area (Å²) in [5.41, 5.74) is -1.39. The molecule has 0 spiro atoms. The molecule has 4 atom stereocenters. The third-order valence-corrected chi connectivity index (χ3v) is 3.28. The fourth-order valence-electron chi connectivity index (χ4n) is 1.76. The van der Waals surface area contributed by atoms with E-state index in [0.29, 0.717) is 0 Å². The van der Waals surface area contributed by atoms with Crippen LogP contribution in [0.15, 0.2) is 20.3 Å². The van der Waals surface area contributed by atoms with Gasteiger partial charge in [0.1, 0.15) is 18.3 Å². The molecule has 2 heterocycles. The molecule has 0 bridgehead atoms. The number of aromatic amines is 1. The standard InChI is InChI=1S/C9H11BrN2O6.3H3O4P/c10-3-1-12(9(17)11-7(3)16)8-6(15)5(14)4(2-13)18-8;3*1-5(2,3)4/h1,4-6,8,13-15H,2H2,(H,11,16,17);3*(H3,1,2,3,4)/t4-,5-,6-,8-;;;/m1.../s1. The Morgan fingerprint density at radius 3 is 1.55 bits per heavy atom. The Morgan fingerprint density at radius 1 is 0.879 bits per heavy atom. The van der Waals surface area contributed by atoms with Crippen LogP contribution in [0.25, 0.3) is 0 Å². The molecule has 0 aliphatic carbocycles. The molecule has 0 unspecified atom stereocenters. The second-order valence-electron chi connectivity index (χ2n) is 5.41. The summed E-state index contributed by atoms with van der Waals surface area (Å²) in [7, 11) is -13.9. The Kier molecular flexibility index (Phi) is 14.7. The van der Waals surface area contributed by atoms with Crippen LogP contribution >= 0.6 is 39.4 Å². The number of hydrogen-bond acceptors (Lipinski definition) is 9. The monoisotopic (exact) mass is 616 g/mol. The number of halogens is 1. The Labute approximate surface area is 189 Å². The maximum absolute atomic E-state index is 11.6. The van der Waals surface area contributed by atoms with Gasteiger partial charge < -0.3 is 64.1 Å². The van der Waals surface area contributed by atoms with Gasteiger partial charge in [-0.3, -0.25) is 14.3 Å². The fourth-order valence-corrected chi connectivity index (χ4v) is 2.08. The van der Waals surface area contributed by atoms with E-state index < -0.39 is 65.9 Å². The lowest BCUT2D eigenvalue weighted by Crippen LogP contribution is -2.38. The van der Waals surface area contributed by atoms with Crippen molar-refractivity contribution in [1.82, 2.24) is 9.55 Å². The maximum atomic E-state index is 11.6. The first kappa shape index (κ1) is 34.5. The number of rotatable bonds is 2. The van der Waals surface area contributed by atoms with Gasteiger partial charge in [0.2, 0.25) is 0 Å². The van der Waals surface area contributed by atoms with E-state index in [2.05, 4.69) is 15.9 Å². The van der Waals surface area contributed by atoms with E-state index in [9.17, 15) is 19.8 Å². The highest BCUT2D eigenvalue weighted by atomic mass is 79.9. The lowest BCUT2D eigenvalue weighted by molar-refractivity contribution is -0.0551. The number of hydrogen-bond donors (Lipinski definition) is 13. The van der Waals surface area contributed by atoms with Crippen molar-refractivity contribution in [3.63, 3.8) is 0 Å². The van der Waals surface area contributed by atoms with E-state index in [1.165, 1.54) is 0 Å². The first-order valence-corrected chi connectivity index (χ1v) is 12.9. The van der Waals surface area contributed by atoms with Crippen LogP contribution in [0.3, 0.4) is 0 Å². The van der Waals surface area contributed by atoms with Crippen LogP contribution in [0.5, 0.6) is 0 Å². The summed E-state index contributed by atoms with van der Waals surface area (Å²) in [6.45, 7) is -0.492. The normalized spacial score (nSPS) is 22.7. The van der Waals surface area contributed by atoms with Crippen LogP contribution in [-0.4, -0.2) is 93.8 Å². The van der Waals surface area contributed by atoms with Crippen molar-refractivity contribution < 1.29 is 77.8 Å². The highest BCUT2D eigenvalue weighted by molar-refractivity contribution is 9.10. The summed E-state index contributed by atoms with van der Waals surface area (Å²) < 4.78 is 32.8. The molecule has 0 amide bonds. The molecular weight excluding hydrogens is 597 g/mol. The molecule has 1 fully saturated rings. The van der Waals surface area contributed by atoms with Crippen LogP contribution in [0.4, 0.5) is 0 Å². The van der Waals surface area contributed by atoms with E-state index in [0.717, 1.165) is 10.8 Å². The first-order chi connectivity index (χ1) is 14.5. The van der Waals surface area contributed by atoms with Gasteiger partial charge in [-0.25, -0.2) is 18.5 Å². The zero-order valence-electron chi connectivity index (χ0n) is 15.6. The Hall–Kier alpha value is -0.670.